The molecule has 7 nitrogen and oxygen atoms in total. The zero-order chi connectivity index (χ0) is 14.3. The average Bonchev–Trinajstić information content (AvgIpc) is 2.39. The van der Waals surface area contributed by atoms with Gasteiger partial charge in [0.25, 0.3) is 0 Å². The highest BCUT2D eigenvalue weighted by molar-refractivity contribution is 5.82. The number of ether oxygens (including phenoxy) is 1. The van der Waals surface area contributed by atoms with Gasteiger partial charge in [0.2, 0.25) is 0 Å². The standard InChI is InChI=1S/C12H22N2O5/c1-8(9-3-6-19-7-4-9)13-12(18)14-10(2-5-15)11(16)17/h8-10,15H,2-7H2,1H3,(H,16,17)(H2,13,14,18). The fourth-order valence-electron chi connectivity index (χ4n) is 2.13. The largest absolute Gasteiger partial charge is 0.480 e. The van der Waals surface area contributed by atoms with E-state index in [0.717, 1.165) is 12.8 Å². The molecule has 0 radical (unpaired) electrons. The van der Waals surface area contributed by atoms with Crippen LogP contribution in [0.25, 0.3) is 0 Å². The van der Waals surface area contributed by atoms with Gasteiger partial charge in [-0.25, -0.2) is 9.59 Å². The lowest BCUT2D eigenvalue weighted by Gasteiger charge is -2.28. The van der Waals surface area contributed by atoms with E-state index in [1.807, 2.05) is 6.92 Å². The van der Waals surface area contributed by atoms with Crippen molar-refractivity contribution in [1.29, 1.82) is 0 Å². The van der Waals surface area contributed by atoms with Crippen LogP contribution >= 0.6 is 0 Å². The molecule has 2 atom stereocenters. The first kappa shape index (κ1) is 15.7. The van der Waals surface area contributed by atoms with Crippen LogP contribution in [0.1, 0.15) is 26.2 Å². The summed E-state index contributed by atoms with van der Waals surface area (Å²) in [5.74, 6) is -0.802. The molecule has 0 aromatic heterocycles. The molecule has 0 aliphatic carbocycles. The van der Waals surface area contributed by atoms with E-state index in [-0.39, 0.29) is 19.1 Å². The summed E-state index contributed by atoms with van der Waals surface area (Å²) in [6.07, 6.45) is 1.77. The second kappa shape index (κ2) is 7.96. The summed E-state index contributed by atoms with van der Waals surface area (Å²) >= 11 is 0. The topological polar surface area (TPSA) is 108 Å². The summed E-state index contributed by atoms with van der Waals surface area (Å²) in [5, 5.41) is 22.7. The molecule has 7 heteroatoms. The number of carboxylic acid groups (broad SMARTS) is 1. The maximum Gasteiger partial charge on any atom is 0.326 e. The lowest BCUT2D eigenvalue weighted by atomic mass is 9.93. The monoisotopic (exact) mass is 274 g/mol. The minimum Gasteiger partial charge on any atom is -0.480 e. The van der Waals surface area contributed by atoms with Gasteiger partial charge >= 0.3 is 12.0 Å². The Balaban J connectivity index is 2.38. The molecule has 0 aromatic rings. The van der Waals surface area contributed by atoms with Gasteiger partial charge in [0.05, 0.1) is 0 Å². The molecule has 1 fully saturated rings. The molecule has 2 amide bonds. The number of carbonyl (C=O) groups excluding carboxylic acids is 1. The molecule has 1 rings (SSSR count). The van der Waals surface area contributed by atoms with E-state index in [2.05, 4.69) is 10.6 Å². The molecule has 1 aliphatic rings. The first-order valence-corrected chi connectivity index (χ1v) is 6.53. The Hall–Kier alpha value is -1.34. The normalized spacial score (nSPS) is 19.5. The van der Waals surface area contributed by atoms with Crippen molar-refractivity contribution in [3.8, 4) is 0 Å². The molecule has 0 saturated carbocycles. The fraction of sp³-hybridized carbons (Fsp3) is 0.833. The molecule has 1 aliphatic heterocycles. The number of amides is 2. The maximum absolute atomic E-state index is 11.7. The number of aliphatic hydroxyl groups excluding tert-OH is 1. The van der Waals surface area contributed by atoms with Gasteiger partial charge < -0.3 is 25.6 Å². The lowest BCUT2D eigenvalue weighted by Crippen LogP contribution is -2.50. The maximum atomic E-state index is 11.7. The molecule has 4 N–H and O–H groups in total. The van der Waals surface area contributed by atoms with Crippen LogP contribution in [0, 0.1) is 5.92 Å². The van der Waals surface area contributed by atoms with Crippen molar-refractivity contribution >= 4 is 12.0 Å². The Labute approximate surface area is 112 Å². The molecule has 0 spiro atoms. The number of carbonyl (C=O) groups is 2. The summed E-state index contributed by atoms with van der Waals surface area (Å²) in [5.41, 5.74) is 0. The Morgan fingerprint density at radius 2 is 1.95 bits per heavy atom. The second-order valence-electron chi connectivity index (χ2n) is 4.76. The van der Waals surface area contributed by atoms with Gasteiger partial charge in [-0.2, -0.15) is 0 Å². The quantitative estimate of drug-likeness (QED) is 0.542. The van der Waals surface area contributed by atoms with Crippen LogP contribution < -0.4 is 10.6 Å². The summed E-state index contributed by atoms with van der Waals surface area (Å²) < 4.78 is 5.25. The van der Waals surface area contributed by atoms with Crippen molar-refractivity contribution < 1.29 is 24.5 Å². The van der Waals surface area contributed by atoms with E-state index in [1.54, 1.807) is 0 Å². The predicted molar refractivity (Wildman–Crippen MR) is 67.8 cm³/mol. The third-order valence-electron chi connectivity index (χ3n) is 3.35. The predicted octanol–water partition coefficient (Wildman–Crippen LogP) is -0.0637. The first-order chi connectivity index (χ1) is 9.04. The van der Waals surface area contributed by atoms with E-state index in [9.17, 15) is 9.59 Å². The van der Waals surface area contributed by atoms with Gasteiger partial charge in [0, 0.05) is 32.3 Å². The van der Waals surface area contributed by atoms with Gasteiger partial charge in [-0.1, -0.05) is 0 Å². The summed E-state index contributed by atoms with van der Waals surface area (Å²) in [4.78, 5) is 22.5. The molecule has 1 heterocycles. The number of nitrogens with one attached hydrogen (secondary N) is 2. The van der Waals surface area contributed by atoms with Gasteiger partial charge in [0.15, 0.2) is 0 Å². The lowest BCUT2D eigenvalue weighted by molar-refractivity contribution is -0.139. The van der Waals surface area contributed by atoms with Crippen LogP contribution in [0.15, 0.2) is 0 Å². The number of aliphatic hydroxyl groups is 1. The van der Waals surface area contributed by atoms with E-state index < -0.39 is 18.0 Å². The Bertz CT molecular complexity index is 304. The van der Waals surface area contributed by atoms with E-state index in [1.165, 1.54) is 0 Å². The van der Waals surface area contributed by atoms with E-state index in [0.29, 0.717) is 19.1 Å². The Kier molecular flexibility index (Phi) is 6.58. The molecular weight excluding hydrogens is 252 g/mol. The smallest absolute Gasteiger partial charge is 0.326 e. The van der Waals surface area contributed by atoms with Crippen LogP contribution in [0.3, 0.4) is 0 Å². The van der Waals surface area contributed by atoms with Crippen molar-refractivity contribution in [3.05, 3.63) is 0 Å². The number of rotatable bonds is 6. The summed E-state index contributed by atoms with van der Waals surface area (Å²) in [7, 11) is 0. The molecule has 0 bridgehead atoms. The third kappa shape index (κ3) is 5.44. The minimum atomic E-state index is -1.15. The Morgan fingerprint density at radius 1 is 1.32 bits per heavy atom. The molecule has 0 aromatic carbocycles. The fourth-order valence-corrected chi connectivity index (χ4v) is 2.13. The zero-order valence-corrected chi connectivity index (χ0v) is 11.1. The number of hydrogen-bond acceptors (Lipinski definition) is 4. The van der Waals surface area contributed by atoms with Gasteiger partial charge in [-0.3, -0.25) is 0 Å². The van der Waals surface area contributed by atoms with Gasteiger partial charge in [0.1, 0.15) is 6.04 Å². The number of urea groups is 1. The molecule has 1 saturated heterocycles. The van der Waals surface area contributed by atoms with Crippen LogP contribution in [0.4, 0.5) is 4.79 Å². The summed E-state index contributed by atoms with van der Waals surface area (Å²) in [6, 6.07) is -1.61. The highest BCUT2D eigenvalue weighted by Gasteiger charge is 2.24. The van der Waals surface area contributed by atoms with E-state index >= 15 is 0 Å². The van der Waals surface area contributed by atoms with Crippen LogP contribution in [-0.4, -0.2) is 54.1 Å². The van der Waals surface area contributed by atoms with Crippen molar-refractivity contribution in [2.75, 3.05) is 19.8 Å². The molecule has 2 unspecified atom stereocenters. The Morgan fingerprint density at radius 3 is 2.47 bits per heavy atom. The molecular formula is C12H22N2O5. The van der Waals surface area contributed by atoms with Crippen molar-refractivity contribution in [1.82, 2.24) is 10.6 Å². The van der Waals surface area contributed by atoms with Crippen LogP contribution in [0.5, 0.6) is 0 Å². The van der Waals surface area contributed by atoms with Crippen LogP contribution in [0.2, 0.25) is 0 Å². The minimum absolute atomic E-state index is 0.00555. The second-order valence-corrected chi connectivity index (χ2v) is 4.76. The number of aliphatic carboxylic acids is 1. The average molecular weight is 274 g/mol. The third-order valence-corrected chi connectivity index (χ3v) is 3.35. The number of hydrogen-bond donors (Lipinski definition) is 4. The first-order valence-electron chi connectivity index (χ1n) is 6.53. The molecule has 19 heavy (non-hydrogen) atoms. The highest BCUT2D eigenvalue weighted by atomic mass is 16.5. The van der Waals surface area contributed by atoms with Crippen molar-refractivity contribution in [3.63, 3.8) is 0 Å². The highest BCUT2D eigenvalue weighted by Crippen LogP contribution is 2.18. The van der Waals surface area contributed by atoms with Crippen molar-refractivity contribution in [2.45, 2.75) is 38.3 Å². The van der Waals surface area contributed by atoms with E-state index in [4.69, 9.17) is 14.9 Å². The van der Waals surface area contributed by atoms with Crippen molar-refractivity contribution in [2.24, 2.45) is 5.92 Å². The SMILES string of the molecule is CC(NC(=O)NC(CCO)C(=O)O)C1CCOCC1. The molecule has 110 valence electrons. The summed E-state index contributed by atoms with van der Waals surface area (Å²) in [6.45, 7) is 3.01. The van der Waals surface area contributed by atoms with Gasteiger partial charge in [-0.15, -0.1) is 0 Å². The van der Waals surface area contributed by atoms with Crippen LogP contribution in [-0.2, 0) is 9.53 Å². The van der Waals surface area contributed by atoms with Gasteiger partial charge in [-0.05, 0) is 25.7 Å². The number of carboxylic acids is 1. The zero-order valence-electron chi connectivity index (χ0n) is 11.1.